The summed E-state index contributed by atoms with van der Waals surface area (Å²) in [4.78, 5) is 21.8. The molecule has 0 spiro atoms. The van der Waals surface area contributed by atoms with Gasteiger partial charge in [-0.25, -0.2) is 4.98 Å². The lowest BCUT2D eigenvalue weighted by Crippen LogP contribution is -2.52. The Bertz CT molecular complexity index is 956. The SMILES string of the molecule is CCN(CC)c1ccc(NC(=O)C2CN(c3nc4ccccc4s3)C2)c(C)c1. The van der Waals surface area contributed by atoms with Crippen LogP contribution in [-0.4, -0.2) is 37.1 Å². The van der Waals surface area contributed by atoms with Gasteiger partial charge in [0.1, 0.15) is 0 Å². The summed E-state index contributed by atoms with van der Waals surface area (Å²) in [5, 5.41) is 4.12. The molecule has 3 aromatic rings. The first-order chi connectivity index (χ1) is 13.6. The van der Waals surface area contributed by atoms with Crippen molar-refractivity contribution in [1.82, 2.24) is 4.98 Å². The lowest BCUT2D eigenvalue weighted by molar-refractivity contribution is -0.120. The number of hydrogen-bond acceptors (Lipinski definition) is 5. The lowest BCUT2D eigenvalue weighted by atomic mass is 9.99. The Hall–Kier alpha value is -2.60. The summed E-state index contributed by atoms with van der Waals surface area (Å²) in [6, 6.07) is 14.4. The number of carbonyl (C=O) groups excluding carboxylic acids is 1. The summed E-state index contributed by atoms with van der Waals surface area (Å²) in [6.45, 7) is 9.77. The molecule has 0 bridgehead atoms. The van der Waals surface area contributed by atoms with Gasteiger partial charge in [-0.2, -0.15) is 0 Å². The van der Waals surface area contributed by atoms with Crippen LogP contribution in [0.1, 0.15) is 19.4 Å². The van der Waals surface area contributed by atoms with E-state index in [1.807, 2.05) is 24.3 Å². The normalized spacial score (nSPS) is 14.2. The molecule has 1 aliphatic rings. The van der Waals surface area contributed by atoms with Crippen molar-refractivity contribution in [1.29, 1.82) is 0 Å². The van der Waals surface area contributed by atoms with Gasteiger partial charge in [-0.3, -0.25) is 4.79 Å². The number of para-hydroxylation sites is 1. The predicted octanol–water partition coefficient (Wildman–Crippen LogP) is 4.53. The van der Waals surface area contributed by atoms with Crippen molar-refractivity contribution in [2.75, 3.05) is 41.3 Å². The third-order valence-electron chi connectivity index (χ3n) is 5.40. The number of aryl methyl sites for hydroxylation is 1. The van der Waals surface area contributed by atoms with Crippen molar-refractivity contribution in [3.8, 4) is 0 Å². The molecule has 1 fully saturated rings. The number of benzene rings is 2. The average Bonchev–Trinajstić information content (AvgIpc) is 3.07. The monoisotopic (exact) mass is 394 g/mol. The third kappa shape index (κ3) is 3.56. The van der Waals surface area contributed by atoms with E-state index < -0.39 is 0 Å². The quantitative estimate of drug-likeness (QED) is 0.667. The first kappa shape index (κ1) is 18.7. The van der Waals surface area contributed by atoms with Crippen molar-refractivity contribution < 1.29 is 4.79 Å². The molecule has 2 aromatic carbocycles. The van der Waals surface area contributed by atoms with Gasteiger partial charge < -0.3 is 15.1 Å². The molecule has 1 aromatic heterocycles. The van der Waals surface area contributed by atoms with Gasteiger partial charge in [-0.05, 0) is 56.7 Å². The molecule has 1 amide bonds. The number of carbonyl (C=O) groups is 1. The Morgan fingerprint density at radius 2 is 1.96 bits per heavy atom. The van der Waals surface area contributed by atoms with Gasteiger partial charge in [-0.1, -0.05) is 23.5 Å². The third-order valence-corrected chi connectivity index (χ3v) is 6.50. The van der Waals surface area contributed by atoms with Crippen LogP contribution in [0.15, 0.2) is 42.5 Å². The number of hydrogen-bond donors (Lipinski definition) is 1. The molecule has 6 heteroatoms. The number of amides is 1. The van der Waals surface area contributed by atoms with Crippen LogP contribution in [0, 0.1) is 12.8 Å². The predicted molar refractivity (Wildman–Crippen MR) is 119 cm³/mol. The molecule has 0 radical (unpaired) electrons. The summed E-state index contributed by atoms with van der Waals surface area (Å²) < 4.78 is 1.19. The highest BCUT2D eigenvalue weighted by Gasteiger charge is 2.34. The minimum absolute atomic E-state index is 0.00821. The summed E-state index contributed by atoms with van der Waals surface area (Å²) in [7, 11) is 0. The van der Waals surface area contributed by atoms with Gasteiger partial charge in [0, 0.05) is 37.6 Å². The molecule has 2 heterocycles. The molecule has 1 aliphatic heterocycles. The second-order valence-corrected chi connectivity index (χ2v) is 8.24. The topological polar surface area (TPSA) is 48.5 Å². The molecular weight excluding hydrogens is 368 g/mol. The van der Waals surface area contributed by atoms with Gasteiger partial charge >= 0.3 is 0 Å². The number of anilines is 3. The summed E-state index contributed by atoms with van der Waals surface area (Å²) >= 11 is 1.69. The fourth-order valence-corrected chi connectivity index (χ4v) is 4.59. The fourth-order valence-electron chi connectivity index (χ4n) is 3.60. The Morgan fingerprint density at radius 3 is 2.64 bits per heavy atom. The van der Waals surface area contributed by atoms with E-state index in [-0.39, 0.29) is 11.8 Å². The standard InChI is InChI=1S/C22H26N4OS/c1-4-25(5-2)17-10-11-18(15(3)12-17)23-21(27)16-13-26(14-16)22-24-19-8-6-7-9-20(19)28-22/h6-12,16H,4-5,13-14H2,1-3H3,(H,23,27). The Kier molecular flexibility index (Phi) is 5.22. The highest BCUT2D eigenvalue weighted by atomic mass is 32.1. The minimum Gasteiger partial charge on any atom is -0.372 e. The maximum Gasteiger partial charge on any atom is 0.231 e. The van der Waals surface area contributed by atoms with E-state index >= 15 is 0 Å². The van der Waals surface area contributed by atoms with Crippen molar-refractivity contribution in [3.05, 3.63) is 48.0 Å². The van der Waals surface area contributed by atoms with E-state index in [1.165, 1.54) is 10.4 Å². The number of thiazole rings is 1. The van der Waals surface area contributed by atoms with E-state index in [1.54, 1.807) is 11.3 Å². The number of nitrogens with one attached hydrogen (secondary N) is 1. The molecule has 1 saturated heterocycles. The van der Waals surface area contributed by atoms with Crippen molar-refractivity contribution in [2.45, 2.75) is 20.8 Å². The zero-order valence-corrected chi connectivity index (χ0v) is 17.4. The van der Waals surface area contributed by atoms with E-state index in [0.717, 1.165) is 48.1 Å². The number of fused-ring (bicyclic) bond motifs is 1. The molecule has 1 N–H and O–H groups in total. The van der Waals surface area contributed by atoms with Gasteiger partial charge in [0.05, 0.1) is 16.1 Å². The van der Waals surface area contributed by atoms with Gasteiger partial charge in [-0.15, -0.1) is 0 Å². The summed E-state index contributed by atoms with van der Waals surface area (Å²) in [5.41, 5.74) is 4.23. The molecule has 0 atom stereocenters. The van der Waals surface area contributed by atoms with Gasteiger partial charge in [0.15, 0.2) is 5.13 Å². The van der Waals surface area contributed by atoms with Crippen LogP contribution in [-0.2, 0) is 4.79 Å². The van der Waals surface area contributed by atoms with Gasteiger partial charge in [0.2, 0.25) is 5.91 Å². The molecule has 0 aliphatic carbocycles. The average molecular weight is 395 g/mol. The largest absolute Gasteiger partial charge is 0.372 e. The Balaban J connectivity index is 1.37. The van der Waals surface area contributed by atoms with Crippen LogP contribution in [0.3, 0.4) is 0 Å². The van der Waals surface area contributed by atoms with E-state index in [4.69, 9.17) is 0 Å². The highest BCUT2D eigenvalue weighted by Crippen LogP contribution is 2.33. The van der Waals surface area contributed by atoms with Crippen LogP contribution >= 0.6 is 11.3 Å². The maximum atomic E-state index is 12.7. The maximum absolute atomic E-state index is 12.7. The molecule has 0 unspecified atom stereocenters. The number of nitrogens with zero attached hydrogens (tertiary/aromatic N) is 3. The number of rotatable bonds is 6. The van der Waals surface area contributed by atoms with Crippen LogP contribution in [0.25, 0.3) is 10.2 Å². The van der Waals surface area contributed by atoms with Crippen molar-refractivity contribution in [3.63, 3.8) is 0 Å². The smallest absolute Gasteiger partial charge is 0.231 e. The first-order valence-corrected chi connectivity index (χ1v) is 10.7. The molecule has 5 nitrogen and oxygen atoms in total. The summed E-state index contributed by atoms with van der Waals surface area (Å²) in [5.74, 6) is 0.102. The second-order valence-electron chi connectivity index (χ2n) is 7.23. The van der Waals surface area contributed by atoms with Crippen molar-refractivity contribution in [2.24, 2.45) is 5.92 Å². The fraction of sp³-hybridized carbons (Fsp3) is 0.364. The van der Waals surface area contributed by atoms with Crippen LogP contribution in [0.2, 0.25) is 0 Å². The minimum atomic E-state index is 0.00821. The lowest BCUT2D eigenvalue weighted by Gasteiger charge is -2.38. The Labute approximate surface area is 170 Å². The van der Waals surface area contributed by atoms with Crippen LogP contribution in [0.4, 0.5) is 16.5 Å². The summed E-state index contributed by atoms with van der Waals surface area (Å²) in [6.07, 6.45) is 0. The molecule has 146 valence electrons. The zero-order chi connectivity index (χ0) is 19.7. The Morgan fingerprint density at radius 1 is 1.21 bits per heavy atom. The van der Waals surface area contributed by atoms with Gasteiger partial charge in [0.25, 0.3) is 0 Å². The molecule has 0 saturated carbocycles. The molecular formula is C22H26N4OS. The van der Waals surface area contributed by atoms with Crippen molar-refractivity contribution >= 4 is 44.0 Å². The number of aromatic nitrogens is 1. The van der Waals surface area contributed by atoms with E-state index in [2.05, 4.69) is 59.1 Å². The molecule has 4 rings (SSSR count). The molecule has 28 heavy (non-hydrogen) atoms. The van der Waals surface area contributed by atoms with E-state index in [0.29, 0.717) is 0 Å². The highest BCUT2D eigenvalue weighted by molar-refractivity contribution is 7.22. The van der Waals surface area contributed by atoms with E-state index in [9.17, 15) is 4.79 Å². The van der Waals surface area contributed by atoms with Crippen LogP contribution < -0.4 is 15.1 Å². The first-order valence-electron chi connectivity index (χ1n) is 9.86. The zero-order valence-electron chi connectivity index (χ0n) is 16.6. The second kappa shape index (κ2) is 7.80. The van der Waals surface area contributed by atoms with Crippen LogP contribution in [0.5, 0.6) is 0 Å².